The molecule has 3 heterocycles. The summed E-state index contributed by atoms with van der Waals surface area (Å²) in [5.41, 5.74) is 1.32. The van der Waals surface area contributed by atoms with Gasteiger partial charge in [0, 0.05) is 56.4 Å². The van der Waals surface area contributed by atoms with E-state index in [9.17, 15) is 0 Å². The van der Waals surface area contributed by atoms with E-state index in [-0.39, 0.29) is 0 Å². The van der Waals surface area contributed by atoms with Crippen molar-refractivity contribution in [3.05, 3.63) is 36.5 Å². The maximum Gasteiger partial charge on any atom is 0.144 e. The third-order valence-corrected chi connectivity index (χ3v) is 5.25. The molecule has 6 heteroatoms. The highest BCUT2D eigenvalue weighted by atomic mass is 15.3. The zero-order chi connectivity index (χ0) is 15.6. The Kier molecular flexibility index (Phi) is 3.99. The number of rotatable bonds is 5. The molecular formula is C17H24N6. The fourth-order valence-corrected chi connectivity index (χ4v) is 4.15. The second-order valence-electron chi connectivity index (χ2n) is 6.74. The summed E-state index contributed by atoms with van der Waals surface area (Å²) in [4.78, 5) is 11.1. The van der Waals surface area contributed by atoms with Crippen LogP contribution in [-0.4, -0.2) is 43.8 Å². The summed E-state index contributed by atoms with van der Waals surface area (Å²) in [6.07, 6.45) is 12.0. The summed E-state index contributed by atoms with van der Waals surface area (Å²) in [5, 5.41) is 7.98. The van der Waals surface area contributed by atoms with Gasteiger partial charge in [0.15, 0.2) is 0 Å². The second-order valence-corrected chi connectivity index (χ2v) is 6.74. The number of hydrogen-bond donors (Lipinski definition) is 1. The van der Waals surface area contributed by atoms with Crippen LogP contribution < -0.4 is 5.32 Å². The standard InChI is InChI=1S/C17H24N6/c1-2-23-10-13(7-20-23)9-22-11-14-3-4-16(15(14)12-22)21-17-8-18-5-6-19-17/h5-8,10,14-16H,2-4,9,11-12H2,1H3,(H,19,21)/t14-,15+,16+/m0/s1. The molecule has 3 atom stereocenters. The van der Waals surface area contributed by atoms with Gasteiger partial charge in [-0.05, 0) is 31.6 Å². The Balaban J connectivity index is 1.37. The van der Waals surface area contributed by atoms with Gasteiger partial charge in [-0.2, -0.15) is 5.10 Å². The highest BCUT2D eigenvalue weighted by molar-refractivity contribution is 5.32. The van der Waals surface area contributed by atoms with E-state index >= 15 is 0 Å². The van der Waals surface area contributed by atoms with E-state index in [0.29, 0.717) is 6.04 Å². The van der Waals surface area contributed by atoms with Crippen molar-refractivity contribution < 1.29 is 0 Å². The van der Waals surface area contributed by atoms with Crippen molar-refractivity contribution in [2.45, 2.75) is 38.9 Å². The normalized spacial score (nSPS) is 27.3. The van der Waals surface area contributed by atoms with Crippen molar-refractivity contribution >= 4 is 5.82 Å². The quantitative estimate of drug-likeness (QED) is 0.915. The van der Waals surface area contributed by atoms with Gasteiger partial charge in [0.05, 0.1) is 12.4 Å². The van der Waals surface area contributed by atoms with Crippen LogP contribution in [0.1, 0.15) is 25.3 Å². The largest absolute Gasteiger partial charge is 0.366 e. The first-order chi connectivity index (χ1) is 11.3. The molecule has 122 valence electrons. The highest BCUT2D eigenvalue weighted by Gasteiger charge is 2.42. The molecule has 2 aromatic rings. The minimum Gasteiger partial charge on any atom is -0.366 e. The van der Waals surface area contributed by atoms with Gasteiger partial charge < -0.3 is 5.32 Å². The summed E-state index contributed by atoms with van der Waals surface area (Å²) >= 11 is 0. The number of likely N-dealkylation sites (tertiary alicyclic amines) is 1. The van der Waals surface area contributed by atoms with Crippen molar-refractivity contribution in [1.29, 1.82) is 0 Å². The van der Waals surface area contributed by atoms with E-state index in [1.807, 2.05) is 17.1 Å². The Bertz CT molecular complexity index is 640. The number of nitrogens with zero attached hydrogens (tertiary/aromatic N) is 5. The Morgan fingerprint density at radius 3 is 2.96 bits per heavy atom. The Labute approximate surface area is 136 Å². The number of anilines is 1. The van der Waals surface area contributed by atoms with Crippen molar-refractivity contribution in [3.63, 3.8) is 0 Å². The third-order valence-electron chi connectivity index (χ3n) is 5.25. The monoisotopic (exact) mass is 312 g/mol. The number of aryl methyl sites for hydroxylation is 1. The smallest absolute Gasteiger partial charge is 0.144 e. The van der Waals surface area contributed by atoms with Gasteiger partial charge in [-0.25, -0.2) is 4.98 Å². The average molecular weight is 312 g/mol. The maximum atomic E-state index is 4.38. The molecule has 0 radical (unpaired) electrons. The molecule has 0 unspecified atom stereocenters. The van der Waals surface area contributed by atoms with Gasteiger partial charge in [0.1, 0.15) is 5.82 Å². The molecule has 1 aliphatic carbocycles. The van der Waals surface area contributed by atoms with Gasteiger partial charge in [0.2, 0.25) is 0 Å². The molecule has 1 N–H and O–H groups in total. The molecule has 1 aliphatic heterocycles. The van der Waals surface area contributed by atoms with Crippen molar-refractivity contribution in [2.75, 3.05) is 18.4 Å². The molecule has 0 aromatic carbocycles. The lowest BCUT2D eigenvalue weighted by Gasteiger charge is -2.21. The van der Waals surface area contributed by atoms with Crippen molar-refractivity contribution in [1.82, 2.24) is 24.6 Å². The van der Waals surface area contributed by atoms with E-state index < -0.39 is 0 Å². The maximum absolute atomic E-state index is 4.38. The first-order valence-electron chi connectivity index (χ1n) is 8.58. The van der Waals surface area contributed by atoms with Gasteiger partial charge in [-0.3, -0.25) is 14.6 Å². The van der Waals surface area contributed by atoms with Crippen molar-refractivity contribution in [3.8, 4) is 0 Å². The number of hydrogen-bond acceptors (Lipinski definition) is 5. The summed E-state index contributed by atoms with van der Waals surface area (Å²) in [6, 6.07) is 0.528. The Hall–Kier alpha value is -1.95. The zero-order valence-electron chi connectivity index (χ0n) is 13.6. The average Bonchev–Trinajstić information content (AvgIpc) is 3.26. The van der Waals surface area contributed by atoms with E-state index in [1.54, 1.807) is 12.4 Å². The fraction of sp³-hybridized carbons (Fsp3) is 0.588. The summed E-state index contributed by atoms with van der Waals surface area (Å²) in [5.74, 6) is 2.43. The Morgan fingerprint density at radius 1 is 1.22 bits per heavy atom. The lowest BCUT2D eigenvalue weighted by Crippen LogP contribution is -2.30. The zero-order valence-corrected chi connectivity index (χ0v) is 13.6. The van der Waals surface area contributed by atoms with Crippen LogP contribution in [0.2, 0.25) is 0 Å². The predicted octanol–water partition coefficient (Wildman–Crippen LogP) is 2.02. The van der Waals surface area contributed by atoms with Gasteiger partial charge in [0.25, 0.3) is 0 Å². The molecule has 2 aliphatic rings. The molecule has 0 amide bonds. The number of aromatic nitrogens is 4. The van der Waals surface area contributed by atoms with Crippen LogP contribution in [0, 0.1) is 11.8 Å². The first kappa shape index (κ1) is 14.6. The van der Waals surface area contributed by atoms with E-state index in [2.05, 4.69) is 38.4 Å². The molecule has 1 saturated carbocycles. The van der Waals surface area contributed by atoms with Crippen LogP contribution >= 0.6 is 0 Å². The van der Waals surface area contributed by atoms with Crippen LogP contribution in [0.5, 0.6) is 0 Å². The van der Waals surface area contributed by atoms with Crippen LogP contribution in [0.25, 0.3) is 0 Å². The minimum atomic E-state index is 0.528. The minimum absolute atomic E-state index is 0.528. The van der Waals surface area contributed by atoms with Gasteiger partial charge in [-0.1, -0.05) is 0 Å². The van der Waals surface area contributed by atoms with Crippen LogP contribution in [0.3, 0.4) is 0 Å². The Morgan fingerprint density at radius 2 is 2.17 bits per heavy atom. The second kappa shape index (κ2) is 6.28. The number of fused-ring (bicyclic) bond motifs is 1. The van der Waals surface area contributed by atoms with Crippen molar-refractivity contribution in [2.24, 2.45) is 11.8 Å². The van der Waals surface area contributed by atoms with Gasteiger partial charge >= 0.3 is 0 Å². The highest BCUT2D eigenvalue weighted by Crippen LogP contribution is 2.39. The third kappa shape index (κ3) is 3.08. The summed E-state index contributed by atoms with van der Waals surface area (Å²) in [7, 11) is 0. The summed E-state index contributed by atoms with van der Waals surface area (Å²) in [6.45, 7) is 6.46. The van der Waals surface area contributed by atoms with Gasteiger partial charge in [-0.15, -0.1) is 0 Å². The van der Waals surface area contributed by atoms with Crippen LogP contribution in [0.15, 0.2) is 31.0 Å². The molecular weight excluding hydrogens is 288 g/mol. The molecule has 2 fully saturated rings. The van der Waals surface area contributed by atoms with Crippen LogP contribution in [0.4, 0.5) is 5.82 Å². The SMILES string of the molecule is CCn1cc(CN2C[C@@H]3CC[C@@H](Nc4cnccn4)[C@@H]3C2)cn1. The lowest BCUT2D eigenvalue weighted by molar-refractivity contribution is 0.300. The lowest BCUT2D eigenvalue weighted by atomic mass is 9.98. The van der Waals surface area contributed by atoms with E-state index in [1.165, 1.54) is 31.5 Å². The molecule has 0 spiro atoms. The topological polar surface area (TPSA) is 58.9 Å². The molecule has 6 nitrogen and oxygen atoms in total. The first-order valence-corrected chi connectivity index (χ1v) is 8.58. The molecule has 1 saturated heterocycles. The van der Waals surface area contributed by atoms with Crippen LogP contribution in [-0.2, 0) is 13.1 Å². The van der Waals surface area contributed by atoms with E-state index in [0.717, 1.165) is 30.7 Å². The predicted molar refractivity (Wildman–Crippen MR) is 88.8 cm³/mol. The molecule has 23 heavy (non-hydrogen) atoms. The van der Waals surface area contributed by atoms with E-state index in [4.69, 9.17) is 0 Å². The molecule has 4 rings (SSSR count). The molecule has 2 aromatic heterocycles. The number of nitrogens with one attached hydrogen (secondary N) is 1. The molecule has 0 bridgehead atoms. The summed E-state index contributed by atoms with van der Waals surface area (Å²) < 4.78 is 2.00. The fourth-order valence-electron chi connectivity index (χ4n) is 4.15.